The summed E-state index contributed by atoms with van der Waals surface area (Å²) in [7, 11) is 0. The molecule has 0 heterocycles. The van der Waals surface area contributed by atoms with Crippen molar-refractivity contribution in [2.24, 2.45) is 5.41 Å². The predicted molar refractivity (Wildman–Crippen MR) is 60.9 cm³/mol. The minimum Gasteiger partial charge on any atom is -0.287 e. The van der Waals surface area contributed by atoms with Gasteiger partial charge in [-0.1, -0.05) is 44.0 Å². The van der Waals surface area contributed by atoms with Gasteiger partial charge in [-0.25, -0.2) is 0 Å². The summed E-state index contributed by atoms with van der Waals surface area (Å²) in [5, 5.41) is 0.171. The zero-order valence-corrected chi connectivity index (χ0v) is 10.5. The number of allylic oxidation sites excluding steroid dienone is 4. The molecule has 0 saturated carbocycles. The number of ketones is 1. The van der Waals surface area contributed by atoms with Gasteiger partial charge in [0, 0.05) is 0 Å². The van der Waals surface area contributed by atoms with Gasteiger partial charge >= 0.3 is 0 Å². The average molecular weight is 254 g/mol. The molecule has 0 amide bonds. The number of rotatable bonds is 0. The molecule has 1 aliphatic rings. The van der Waals surface area contributed by atoms with Crippen LogP contribution < -0.4 is 0 Å². The van der Waals surface area contributed by atoms with Gasteiger partial charge in [0.1, 0.15) is 0 Å². The van der Waals surface area contributed by atoms with Crippen LogP contribution in [0.15, 0.2) is 22.2 Å². The molecule has 4 heteroatoms. The molecule has 0 aromatic rings. The number of hydrogen-bond donors (Lipinski definition) is 0. The van der Waals surface area contributed by atoms with Crippen LogP contribution in [0.3, 0.4) is 0 Å². The Kier molecular flexibility index (Phi) is 3.07. The molecule has 1 nitrogen and oxygen atoms in total. The van der Waals surface area contributed by atoms with Gasteiger partial charge in [-0.2, -0.15) is 0 Å². The monoisotopic (exact) mass is 252 g/mol. The minimum atomic E-state index is -0.797. The van der Waals surface area contributed by atoms with Gasteiger partial charge in [-0.05, 0) is 17.6 Å². The maximum Gasteiger partial charge on any atom is 0.215 e. The fourth-order valence-corrected chi connectivity index (χ4v) is 2.01. The van der Waals surface area contributed by atoms with Crippen LogP contribution in [-0.2, 0) is 4.79 Å². The summed E-state index contributed by atoms with van der Waals surface area (Å²) < 4.78 is 0. The van der Waals surface area contributed by atoms with E-state index in [1.165, 1.54) is 0 Å². The van der Waals surface area contributed by atoms with Crippen molar-refractivity contribution in [3.8, 4) is 0 Å². The molecule has 78 valence electrons. The van der Waals surface area contributed by atoms with E-state index in [2.05, 4.69) is 0 Å². The molecule has 0 radical (unpaired) electrons. The fraction of sp³-hybridized carbons (Fsp3) is 0.500. The summed E-state index contributed by atoms with van der Waals surface area (Å²) in [6.07, 6.45) is 3.09. The lowest BCUT2D eigenvalue weighted by Gasteiger charge is -2.36. The van der Waals surface area contributed by atoms with Crippen LogP contribution in [0.2, 0.25) is 0 Å². The molecule has 1 aliphatic carbocycles. The van der Waals surface area contributed by atoms with E-state index in [1.807, 2.05) is 20.8 Å². The molecule has 0 bridgehead atoms. The Morgan fingerprint density at radius 1 is 1.14 bits per heavy atom. The standard InChI is InChI=1S/C10H11Cl3O/c1-9(2,3)10(13)4-6(11)8(14)7(12)5-10/h4-5H,1-3H3. The quantitative estimate of drug-likeness (QED) is 0.600. The molecule has 0 aromatic heterocycles. The predicted octanol–water partition coefficient (Wildman–Crippen LogP) is 3.84. The van der Waals surface area contributed by atoms with Crippen molar-refractivity contribution < 1.29 is 4.79 Å². The largest absolute Gasteiger partial charge is 0.287 e. The lowest BCUT2D eigenvalue weighted by molar-refractivity contribution is -0.111. The molecular formula is C10H11Cl3O. The Morgan fingerprint density at radius 2 is 1.50 bits per heavy atom. The van der Waals surface area contributed by atoms with Gasteiger partial charge < -0.3 is 0 Å². The second-order valence-corrected chi connectivity index (χ2v) is 5.77. The van der Waals surface area contributed by atoms with E-state index in [9.17, 15) is 4.79 Å². The van der Waals surface area contributed by atoms with Gasteiger partial charge in [0.2, 0.25) is 5.78 Å². The van der Waals surface area contributed by atoms with E-state index in [-0.39, 0.29) is 21.3 Å². The highest BCUT2D eigenvalue weighted by molar-refractivity contribution is 6.56. The molecule has 14 heavy (non-hydrogen) atoms. The Labute approximate surface area is 98.7 Å². The van der Waals surface area contributed by atoms with Crippen LogP contribution in [0, 0.1) is 5.41 Å². The van der Waals surface area contributed by atoms with Crippen LogP contribution >= 0.6 is 34.8 Å². The van der Waals surface area contributed by atoms with Gasteiger partial charge in [-0.15, -0.1) is 11.6 Å². The molecule has 0 saturated heterocycles. The van der Waals surface area contributed by atoms with Crippen LogP contribution in [0.4, 0.5) is 0 Å². The number of carbonyl (C=O) groups is 1. The SMILES string of the molecule is CC(C)(C)C1(Cl)C=C(Cl)C(=O)C(Cl)=C1. The number of carbonyl (C=O) groups excluding carboxylic acids is 1. The minimum absolute atomic E-state index is 0.0856. The first-order chi connectivity index (χ1) is 6.17. The molecule has 0 spiro atoms. The highest BCUT2D eigenvalue weighted by atomic mass is 35.5. The third-order valence-electron chi connectivity index (χ3n) is 2.26. The molecule has 0 aliphatic heterocycles. The molecule has 1 rings (SSSR count). The van der Waals surface area contributed by atoms with Crippen molar-refractivity contribution in [3.63, 3.8) is 0 Å². The highest BCUT2D eigenvalue weighted by Crippen LogP contribution is 2.44. The fourth-order valence-electron chi connectivity index (χ4n) is 1.09. The van der Waals surface area contributed by atoms with Crippen LogP contribution in [0.25, 0.3) is 0 Å². The van der Waals surface area contributed by atoms with Gasteiger partial charge in [0.15, 0.2) is 0 Å². The molecule has 0 N–H and O–H groups in total. The van der Waals surface area contributed by atoms with E-state index in [0.29, 0.717) is 0 Å². The Balaban J connectivity index is 3.23. The third-order valence-corrected chi connectivity index (χ3v) is 3.60. The van der Waals surface area contributed by atoms with Crippen LogP contribution in [0.5, 0.6) is 0 Å². The van der Waals surface area contributed by atoms with E-state index >= 15 is 0 Å². The van der Waals surface area contributed by atoms with Crippen molar-refractivity contribution in [1.29, 1.82) is 0 Å². The number of Topliss-reactive ketones (excluding diaryl/α,β-unsaturated/α-hetero) is 1. The Bertz CT molecular complexity index is 312. The van der Waals surface area contributed by atoms with Crippen LogP contribution in [-0.4, -0.2) is 10.7 Å². The zero-order chi connectivity index (χ0) is 11.1. The molecule has 0 atom stereocenters. The zero-order valence-electron chi connectivity index (χ0n) is 8.20. The van der Waals surface area contributed by atoms with Crippen LogP contribution in [0.1, 0.15) is 20.8 Å². The van der Waals surface area contributed by atoms with Crippen molar-refractivity contribution in [2.75, 3.05) is 0 Å². The summed E-state index contributed by atoms with van der Waals surface area (Å²) >= 11 is 17.8. The highest BCUT2D eigenvalue weighted by Gasteiger charge is 2.40. The summed E-state index contributed by atoms with van der Waals surface area (Å²) in [6, 6.07) is 0. The van der Waals surface area contributed by atoms with Crippen molar-refractivity contribution in [2.45, 2.75) is 25.6 Å². The molecule has 0 fully saturated rings. The number of alkyl halides is 1. The first-order valence-corrected chi connectivity index (χ1v) is 5.31. The first kappa shape index (κ1) is 12.1. The second-order valence-electron chi connectivity index (χ2n) is 4.33. The summed E-state index contributed by atoms with van der Waals surface area (Å²) in [6.45, 7) is 5.87. The van der Waals surface area contributed by atoms with Crippen molar-refractivity contribution in [1.82, 2.24) is 0 Å². The second kappa shape index (κ2) is 3.55. The van der Waals surface area contributed by atoms with Gasteiger partial charge in [-0.3, -0.25) is 4.79 Å². The third kappa shape index (κ3) is 2.00. The maximum atomic E-state index is 11.3. The lowest BCUT2D eigenvalue weighted by atomic mass is 9.77. The first-order valence-electron chi connectivity index (χ1n) is 4.18. The van der Waals surface area contributed by atoms with E-state index < -0.39 is 4.87 Å². The number of hydrogen-bond acceptors (Lipinski definition) is 1. The van der Waals surface area contributed by atoms with E-state index in [0.717, 1.165) is 0 Å². The summed E-state index contributed by atoms with van der Waals surface area (Å²) in [5.74, 6) is -0.367. The topological polar surface area (TPSA) is 17.1 Å². The van der Waals surface area contributed by atoms with Gasteiger partial charge in [0.25, 0.3) is 0 Å². The molecule has 0 unspecified atom stereocenters. The molecule has 0 aromatic carbocycles. The summed E-state index contributed by atoms with van der Waals surface area (Å²) in [4.78, 5) is 10.5. The van der Waals surface area contributed by atoms with E-state index in [4.69, 9.17) is 34.8 Å². The normalized spacial score (nSPS) is 21.7. The van der Waals surface area contributed by atoms with E-state index in [1.54, 1.807) is 12.2 Å². The van der Waals surface area contributed by atoms with Gasteiger partial charge in [0.05, 0.1) is 14.9 Å². The average Bonchev–Trinajstić information content (AvgIpc) is 1.98. The molecular weight excluding hydrogens is 242 g/mol. The van der Waals surface area contributed by atoms with Crippen molar-refractivity contribution >= 4 is 40.6 Å². The lowest BCUT2D eigenvalue weighted by Crippen LogP contribution is -2.36. The van der Waals surface area contributed by atoms with Crippen molar-refractivity contribution in [3.05, 3.63) is 22.2 Å². The Hall–Kier alpha value is 0.0200. The maximum absolute atomic E-state index is 11.3. The number of halogens is 3. The Morgan fingerprint density at radius 3 is 1.79 bits per heavy atom. The summed E-state index contributed by atoms with van der Waals surface area (Å²) in [5.41, 5.74) is -0.254. The smallest absolute Gasteiger partial charge is 0.215 e.